The molecule has 0 fully saturated rings. The number of hydrogen-bond acceptors (Lipinski definition) is 3. The SMILES string of the molecule is CNc1cc(F)c(OC)cc1OC. The largest absolute Gasteiger partial charge is 0.494 e. The van der Waals surface area contributed by atoms with E-state index < -0.39 is 5.82 Å². The molecule has 3 nitrogen and oxygen atoms in total. The molecule has 0 aromatic heterocycles. The van der Waals surface area contributed by atoms with Crippen LogP contribution >= 0.6 is 0 Å². The van der Waals surface area contributed by atoms with Gasteiger partial charge in [0.05, 0.1) is 19.9 Å². The second kappa shape index (κ2) is 3.98. The second-order valence-corrected chi connectivity index (χ2v) is 2.44. The molecule has 0 saturated carbocycles. The molecule has 4 heteroatoms. The summed E-state index contributed by atoms with van der Waals surface area (Å²) in [6, 6.07) is 2.83. The Kier molecular flexibility index (Phi) is 2.95. The van der Waals surface area contributed by atoms with Gasteiger partial charge >= 0.3 is 0 Å². The van der Waals surface area contributed by atoms with E-state index in [1.165, 1.54) is 26.4 Å². The van der Waals surface area contributed by atoms with Crippen molar-refractivity contribution in [3.8, 4) is 11.5 Å². The third-order valence-corrected chi connectivity index (χ3v) is 1.74. The van der Waals surface area contributed by atoms with Crippen LogP contribution in [0.15, 0.2) is 12.1 Å². The molecule has 72 valence electrons. The first kappa shape index (κ1) is 9.64. The van der Waals surface area contributed by atoms with E-state index in [9.17, 15) is 4.39 Å². The molecule has 0 amide bonds. The lowest BCUT2D eigenvalue weighted by molar-refractivity contribution is 0.375. The number of rotatable bonds is 3. The van der Waals surface area contributed by atoms with Crippen molar-refractivity contribution in [2.75, 3.05) is 26.6 Å². The number of benzene rings is 1. The van der Waals surface area contributed by atoms with Gasteiger partial charge in [-0.3, -0.25) is 0 Å². The molecule has 0 saturated heterocycles. The fourth-order valence-electron chi connectivity index (χ4n) is 1.06. The van der Waals surface area contributed by atoms with Gasteiger partial charge in [0.1, 0.15) is 5.75 Å². The molecule has 1 rings (SSSR count). The van der Waals surface area contributed by atoms with Gasteiger partial charge in [-0.2, -0.15) is 0 Å². The van der Waals surface area contributed by atoms with Gasteiger partial charge in [0.25, 0.3) is 0 Å². The Morgan fingerprint density at radius 1 is 1.15 bits per heavy atom. The molecule has 0 heterocycles. The maximum atomic E-state index is 13.1. The molecule has 0 atom stereocenters. The molecule has 1 N–H and O–H groups in total. The minimum Gasteiger partial charge on any atom is -0.494 e. The van der Waals surface area contributed by atoms with Gasteiger partial charge < -0.3 is 14.8 Å². The van der Waals surface area contributed by atoms with Gasteiger partial charge in [0, 0.05) is 19.2 Å². The predicted octanol–water partition coefficient (Wildman–Crippen LogP) is 1.88. The van der Waals surface area contributed by atoms with Gasteiger partial charge in [0.15, 0.2) is 11.6 Å². The van der Waals surface area contributed by atoms with Crippen LogP contribution in [0.2, 0.25) is 0 Å². The van der Waals surface area contributed by atoms with Crippen molar-refractivity contribution in [2.45, 2.75) is 0 Å². The summed E-state index contributed by atoms with van der Waals surface area (Å²) < 4.78 is 23.0. The van der Waals surface area contributed by atoms with Crippen molar-refractivity contribution in [3.05, 3.63) is 17.9 Å². The molecule has 0 unspecified atom stereocenters. The van der Waals surface area contributed by atoms with E-state index in [1.54, 1.807) is 7.05 Å². The minimum absolute atomic E-state index is 0.177. The van der Waals surface area contributed by atoms with Crippen molar-refractivity contribution in [1.29, 1.82) is 0 Å². The first-order chi connectivity index (χ1) is 6.22. The van der Waals surface area contributed by atoms with E-state index in [4.69, 9.17) is 9.47 Å². The van der Waals surface area contributed by atoms with Gasteiger partial charge in [-0.1, -0.05) is 0 Å². The van der Waals surface area contributed by atoms with Gasteiger partial charge in [-0.15, -0.1) is 0 Å². The van der Waals surface area contributed by atoms with Gasteiger partial charge in [-0.25, -0.2) is 4.39 Å². The summed E-state index contributed by atoms with van der Waals surface area (Å²) in [4.78, 5) is 0. The molecule has 0 radical (unpaired) electrons. The van der Waals surface area contributed by atoms with E-state index in [-0.39, 0.29) is 5.75 Å². The highest BCUT2D eigenvalue weighted by atomic mass is 19.1. The lowest BCUT2D eigenvalue weighted by atomic mass is 10.2. The highest BCUT2D eigenvalue weighted by Crippen LogP contribution is 2.31. The number of hydrogen-bond donors (Lipinski definition) is 1. The number of methoxy groups -OCH3 is 2. The van der Waals surface area contributed by atoms with E-state index in [1.807, 2.05) is 0 Å². The third kappa shape index (κ3) is 1.83. The molecule has 1 aromatic carbocycles. The normalized spacial score (nSPS) is 9.54. The summed E-state index contributed by atoms with van der Waals surface area (Å²) in [6.45, 7) is 0. The van der Waals surface area contributed by atoms with Crippen LogP contribution < -0.4 is 14.8 Å². The number of anilines is 1. The summed E-state index contributed by atoms with van der Waals surface area (Å²) in [6.07, 6.45) is 0. The molecular formula is C9H12FNO2. The molecule has 13 heavy (non-hydrogen) atoms. The Labute approximate surface area is 76.5 Å². The molecule has 0 bridgehead atoms. The summed E-state index contributed by atoms with van der Waals surface area (Å²) in [5.74, 6) is 0.323. The lowest BCUT2D eigenvalue weighted by Gasteiger charge is -2.10. The average Bonchev–Trinajstić information content (AvgIpc) is 2.17. The first-order valence-electron chi connectivity index (χ1n) is 3.82. The number of halogens is 1. The van der Waals surface area contributed by atoms with Gasteiger partial charge in [0.2, 0.25) is 0 Å². The smallest absolute Gasteiger partial charge is 0.167 e. The minimum atomic E-state index is -0.410. The van der Waals surface area contributed by atoms with Crippen molar-refractivity contribution in [3.63, 3.8) is 0 Å². The molecular weight excluding hydrogens is 173 g/mol. The van der Waals surface area contributed by atoms with E-state index in [0.29, 0.717) is 11.4 Å². The zero-order valence-corrected chi connectivity index (χ0v) is 7.85. The van der Waals surface area contributed by atoms with Crippen molar-refractivity contribution in [2.24, 2.45) is 0 Å². The average molecular weight is 185 g/mol. The van der Waals surface area contributed by atoms with Crippen LogP contribution in [0.25, 0.3) is 0 Å². The quantitative estimate of drug-likeness (QED) is 0.780. The number of nitrogens with one attached hydrogen (secondary N) is 1. The number of ether oxygens (including phenoxy) is 2. The molecule has 0 aliphatic rings. The zero-order chi connectivity index (χ0) is 9.84. The Balaban J connectivity index is 3.18. The Bertz CT molecular complexity index is 302. The third-order valence-electron chi connectivity index (χ3n) is 1.74. The van der Waals surface area contributed by atoms with Crippen LogP contribution in [0.3, 0.4) is 0 Å². The maximum absolute atomic E-state index is 13.1. The monoisotopic (exact) mass is 185 g/mol. The summed E-state index contributed by atoms with van der Waals surface area (Å²) in [5, 5.41) is 2.82. The highest BCUT2D eigenvalue weighted by molar-refractivity contribution is 5.59. The summed E-state index contributed by atoms with van der Waals surface area (Å²) in [7, 11) is 4.63. The van der Waals surface area contributed by atoms with Crippen LogP contribution in [0.1, 0.15) is 0 Å². The predicted molar refractivity (Wildman–Crippen MR) is 49.1 cm³/mol. The fraction of sp³-hybridized carbons (Fsp3) is 0.333. The Morgan fingerprint density at radius 2 is 1.77 bits per heavy atom. The van der Waals surface area contributed by atoms with Crippen LogP contribution in [-0.2, 0) is 0 Å². The highest BCUT2D eigenvalue weighted by Gasteiger charge is 2.09. The molecule has 0 spiro atoms. The van der Waals surface area contributed by atoms with Gasteiger partial charge in [-0.05, 0) is 0 Å². The summed E-state index contributed by atoms with van der Waals surface area (Å²) in [5.41, 5.74) is 0.598. The fourth-order valence-corrected chi connectivity index (χ4v) is 1.06. The van der Waals surface area contributed by atoms with E-state index in [2.05, 4.69) is 5.32 Å². The van der Waals surface area contributed by atoms with E-state index in [0.717, 1.165) is 0 Å². The van der Waals surface area contributed by atoms with Crippen LogP contribution in [-0.4, -0.2) is 21.3 Å². The second-order valence-electron chi connectivity index (χ2n) is 2.44. The summed E-state index contributed by atoms with van der Waals surface area (Å²) >= 11 is 0. The van der Waals surface area contributed by atoms with Crippen molar-refractivity contribution < 1.29 is 13.9 Å². The van der Waals surface area contributed by atoms with Crippen LogP contribution in [0, 0.1) is 5.82 Å². The Hall–Kier alpha value is -1.45. The van der Waals surface area contributed by atoms with E-state index >= 15 is 0 Å². The zero-order valence-electron chi connectivity index (χ0n) is 7.85. The lowest BCUT2D eigenvalue weighted by Crippen LogP contribution is -1.96. The van der Waals surface area contributed by atoms with Crippen molar-refractivity contribution in [1.82, 2.24) is 0 Å². The van der Waals surface area contributed by atoms with Crippen LogP contribution in [0.5, 0.6) is 11.5 Å². The molecule has 0 aliphatic carbocycles. The maximum Gasteiger partial charge on any atom is 0.167 e. The first-order valence-corrected chi connectivity index (χ1v) is 3.82. The standard InChI is InChI=1S/C9H12FNO2/c1-11-7-4-6(10)8(12-2)5-9(7)13-3/h4-5,11H,1-3H3. The van der Waals surface area contributed by atoms with Crippen molar-refractivity contribution >= 4 is 5.69 Å². The Morgan fingerprint density at radius 3 is 2.23 bits per heavy atom. The topological polar surface area (TPSA) is 30.5 Å². The molecule has 1 aromatic rings. The van der Waals surface area contributed by atoms with Crippen LogP contribution in [0.4, 0.5) is 10.1 Å². The molecule has 0 aliphatic heterocycles.